The van der Waals surface area contributed by atoms with E-state index < -0.39 is 11.2 Å². The molecule has 21 heavy (non-hydrogen) atoms. The van der Waals surface area contributed by atoms with Crippen molar-refractivity contribution in [1.29, 1.82) is 0 Å². The van der Waals surface area contributed by atoms with Crippen molar-refractivity contribution in [3.05, 3.63) is 34.9 Å². The lowest BCUT2D eigenvalue weighted by molar-refractivity contribution is -0.138. The monoisotopic (exact) mass is 325 g/mol. The van der Waals surface area contributed by atoms with Gasteiger partial charge in [-0.3, -0.25) is 9.59 Å². The summed E-state index contributed by atoms with van der Waals surface area (Å²) >= 11 is 6.78. The second-order valence-corrected chi connectivity index (χ2v) is 5.92. The van der Waals surface area contributed by atoms with Crippen LogP contribution in [0.15, 0.2) is 34.5 Å². The Balaban J connectivity index is 2.14. The maximum Gasteiger partial charge on any atom is 0.317 e. The van der Waals surface area contributed by atoms with Gasteiger partial charge < -0.3 is 10.4 Å². The molecule has 1 aromatic rings. The summed E-state index contributed by atoms with van der Waals surface area (Å²) in [6, 6.07) is 7.07. The molecular formula is C13H12ClN3O3S. The van der Waals surface area contributed by atoms with Crippen LogP contribution in [0.1, 0.15) is 18.9 Å². The summed E-state index contributed by atoms with van der Waals surface area (Å²) in [5.74, 6) is -1.42. The smallest absolute Gasteiger partial charge is 0.317 e. The van der Waals surface area contributed by atoms with Crippen LogP contribution in [0.25, 0.3) is 0 Å². The number of carbonyl (C=O) groups excluding carboxylic acids is 1. The van der Waals surface area contributed by atoms with Gasteiger partial charge >= 0.3 is 5.97 Å². The molecule has 1 aromatic carbocycles. The number of carboxylic acid groups (broad SMARTS) is 1. The Morgan fingerprint density at radius 2 is 2.10 bits per heavy atom. The zero-order valence-corrected chi connectivity index (χ0v) is 12.6. The predicted octanol–water partition coefficient (Wildman–Crippen LogP) is 2.13. The van der Waals surface area contributed by atoms with Gasteiger partial charge in [-0.1, -0.05) is 35.5 Å². The van der Waals surface area contributed by atoms with Gasteiger partial charge in [0, 0.05) is 11.4 Å². The van der Waals surface area contributed by atoms with Gasteiger partial charge in [0.05, 0.1) is 5.71 Å². The Labute approximate surface area is 130 Å². The van der Waals surface area contributed by atoms with E-state index in [0.29, 0.717) is 10.7 Å². The van der Waals surface area contributed by atoms with E-state index in [4.69, 9.17) is 16.7 Å². The van der Waals surface area contributed by atoms with E-state index in [1.54, 1.807) is 31.2 Å². The molecule has 1 heterocycles. The molecule has 0 radical (unpaired) electrons. The molecule has 0 saturated carbocycles. The Morgan fingerprint density at radius 3 is 2.71 bits per heavy atom. The number of halogens is 1. The Kier molecular flexibility index (Phi) is 4.98. The lowest BCUT2D eigenvalue weighted by Crippen LogP contribution is -2.40. The van der Waals surface area contributed by atoms with Crippen LogP contribution in [-0.4, -0.2) is 33.1 Å². The van der Waals surface area contributed by atoms with E-state index in [1.165, 1.54) is 0 Å². The standard InChI is InChI=1S/C13H12ClN3O3S/c1-7(8-2-4-9(14)5-3-8)16-17-13-15-11(18)6-10(21-13)12(19)20/h2-5,10H,6H2,1H3,(H,19,20)(H,15,17,18)/b16-7+/t10-/m0/s1. The second kappa shape index (κ2) is 6.73. The van der Waals surface area contributed by atoms with E-state index in [9.17, 15) is 9.59 Å². The maximum absolute atomic E-state index is 11.4. The molecule has 1 amide bonds. The molecule has 8 heteroatoms. The number of thioether (sulfide) groups is 1. The number of rotatable bonds is 3. The fraction of sp³-hybridized carbons (Fsp3) is 0.231. The molecule has 1 aliphatic heterocycles. The molecule has 0 aliphatic carbocycles. The van der Waals surface area contributed by atoms with Gasteiger partial charge in [0.2, 0.25) is 5.91 Å². The van der Waals surface area contributed by atoms with Crippen molar-refractivity contribution < 1.29 is 14.7 Å². The number of benzene rings is 1. The highest BCUT2D eigenvalue weighted by Crippen LogP contribution is 2.20. The Hall–Kier alpha value is -1.86. The van der Waals surface area contributed by atoms with Gasteiger partial charge in [-0.15, -0.1) is 5.10 Å². The van der Waals surface area contributed by atoms with Crippen molar-refractivity contribution in [2.45, 2.75) is 18.6 Å². The highest BCUT2D eigenvalue weighted by Gasteiger charge is 2.29. The number of nitrogens with one attached hydrogen (secondary N) is 1. The summed E-state index contributed by atoms with van der Waals surface area (Å²) in [6.45, 7) is 1.76. The van der Waals surface area contributed by atoms with Crippen molar-refractivity contribution in [3.8, 4) is 0 Å². The molecule has 1 atom stereocenters. The van der Waals surface area contributed by atoms with Crippen LogP contribution in [0.2, 0.25) is 5.02 Å². The minimum Gasteiger partial charge on any atom is -0.480 e. The highest BCUT2D eigenvalue weighted by atomic mass is 35.5. The van der Waals surface area contributed by atoms with Gasteiger partial charge in [-0.2, -0.15) is 5.10 Å². The number of nitrogens with zero attached hydrogens (tertiary/aromatic N) is 2. The summed E-state index contributed by atoms with van der Waals surface area (Å²) in [5, 5.41) is 19.3. The fourth-order valence-corrected chi connectivity index (χ4v) is 2.59. The van der Waals surface area contributed by atoms with Crippen molar-refractivity contribution in [2.24, 2.45) is 10.2 Å². The SMILES string of the molecule is C/C(=N\N=C1/NC(=O)C[C@@H](C(=O)O)S1)c1ccc(Cl)cc1. The molecule has 2 N–H and O–H groups in total. The minimum absolute atomic E-state index is 0.0705. The first-order chi connectivity index (χ1) is 9.95. The molecule has 1 aliphatic rings. The van der Waals surface area contributed by atoms with Gasteiger partial charge in [0.1, 0.15) is 5.25 Å². The van der Waals surface area contributed by atoms with Crippen LogP contribution in [-0.2, 0) is 9.59 Å². The predicted molar refractivity (Wildman–Crippen MR) is 82.9 cm³/mol. The van der Waals surface area contributed by atoms with Crippen molar-refractivity contribution in [3.63, 3.8) is 0 Å². The minimum atomic E-state index is -1.04. The number of amides is 1. The molecule has 1 saturated heterocycles. The molecule has 6 nitrogen and oxygen atoms in total. The zero-order valence-electron chi connectivity index (χ0n) is 11.0. The number of aliphatic carboxylic acids is 1. The van der Waals surface area contributed by atoms with Crippen molar-refractivity contribution >= 4 is 46.1 Å². The average molecular weight is 326 g/mol. The first-order valence-corrected chi connectivity index (χ1v) is 7.29. The lowest BCUT2D eigenvalue weighted by Gasteiger charge is -2.18. The third-order valence-corrected chi connectivity index (χ3v) is 4.01. The lowest BCUT2D eigenvalue weighted by atomic mass is 10.1. The second-order valence-electron chi connectivity index (χ2n) is 4.29. The Bertz CT molecular complexity index is 628. The third-order valence-electron chi connectivity index (χ3n) is 2.70. The third kappa shape index (κ3) is 4.30. The first-order valence-electron chi connectivity index (χ1n) is 6.03. The van der Waals surface area contributed by atoms with E-state index in [-0.39, 0.29) is 17.5 Å². The summed E-state index contributed by atoms with van der Waals surface area (Å²) in [4.78, 5) is 22.3. The van der Waals surface area contributed by atoms with Crippen LogP contribution in [0, 0.1) is 0 Å². The average Bonchev–Trinajstić information content (AvgIpc) is 2.45. The van der Waals surface area contributed by atoms with Crippen LogP contribution in [0.5, 0.6) is 0 Å². The van der Waals surface area contributed by atoms with Crippen LogP contribution in [0.4, 0.5) is 0 Å². The molecule has 1 fully saturated rings. The largest absolute Gasteiger partial charge is 0.480 e. The topological polar surface area (TPSA) is 91.1 Å². The number of carboxylic acids is 1. The molecule has 0 aromatic heterocycles. The normalized spacial score (nSPS) is 21.2. The quantitative estimate of drug-likeness (QED) is 0.658. The van der Waals surface area contributed by atoms with Gasteiger partial charge in [0.15, 0.2) is 5.17 Å². The summed E-state index contributed by atoms with van der Waals surface area (Å²) in [6.07, 6.45) is -0.0705. The molecule has 0 unspecified atom stereocenters. The number of carbonyl (C=O) groups is 2. The summed E-state index contributed by atoms with van der Waals surface area (Å²) in [7, 11) is 0. The van der Waals surface area contributed by atoms with Gasteiger partial charge in [0.25, 0.3) is 0 Å². The summed E-state index contributed by atoms with van der Waals surface area (Å²) in [5.41, 5.74) is 1.47. The van der Waals surface area contributed by atoms with Crippen LogP contribution >= 0.6 is 23.4 Å². The molecular weight excluding hydrogens is 314 g/mol. The number of hydrogen-bond acceptors (Lipinski definition) is 5. The molecule has 0 spiro atoms. The maximum atomic E-state index is 11.4. The first kappa shape index (κ1) is 15.5. The zero-order chi connectivity index (χ0) is 15.4. The fourth-order valence-electron chi connectivity index (χ4n) is 1.60. The van der Waals surface area contributed by atoms with Crippen LogP contribution in [0.3, 0.4) is 0 Å². The molecule has 0 bridgehead atoms. The number of amidine groups is 1. The molecule has 2 rings (SSSR count). The highest BCUT2D eigenvalue weighted by molar-refractivity contribution is 8.15. The summed E-state index contributed by atoms with van der Waals surface area (Å²) < 4.78 is 0. The Morgan fingerprint density at radius 1 is 1.43 bits per heavy atom. The van der Waals surface area contributed by atoms with E-state index in [0.717, 1.165) is 17.3 Å². The number of hydrogen-bond donors (Lipinski definition) is 2. The van der Waals surface area contributed by atoms with Gasteiger partial charge in [-0.05, 0) is 24.6 Å². The van der Waals surface area contributed by atoms with E-state index in [1.807, 2.05) is 0 Å². The van der Waals surface area contributed by atoms with Crippen molar-refractivity contribution in [1.82, 2.24) is 5.32 Å². The van der Waals surface area contributed by atoms with Gasteiger partial charge in [-0.25, -0.2) is 0 Å². The van der Waals surface area contributed by atoms with Crippen molar-refractivity contribution in [2.75, 3.05) is 0 Å². The van der Waals surface area contributed by atoms with E-state index >= 15 is 0 Å². The van der Waals surface area contributed by atoms with Crippen LogP contribution < -0.4 is 5.32 Å². The van der Waals surface area contributed by atoms with E-state index in [2.05, 4.69) is 15.5 Å². The molecule has 110 valence electrons.